The van der Waals surface area contributed by atoms with E-state index < -0.39 is 47.7 Å². The lowest BCUT2D eigenvalue weighted by atomic mass is 10.1. The highest BCUT2D eigenvalue weighted by molar-refractivity contribution is 5.91. The average molecular weight is 440 g/mol. The third kappa shape index (κ3) is 10.1. The maximum atomic E-state index is 12.0. The predicted octanol–water partition coefficient (Wildman–Crippen LogP) is 3.45. The summed E-state index contributed by atoms with van der Waals surface area (Å²) in [4.78, 5) is 35.3. The Morgan fingerprint density at radius 1 is 0.903 bits per heavy atom. The highest BCUT2D eigenvalue weighted by Crippen LogP contribution is 2.35. The van der Waals surface area contributed by atoms with Crippen LogP contribution in [0.3, 0.4) is 0 Å². The summed E-state index contributed by atoms with van der Waals surface area (Å²) in [6, 6.07) is 0.319. The van der Waals surface area contributed by atoms with Crippen molar-refractivity contribution >= 4 is 17.8 Å². The fourth-order valence-corrected chi connectivity index (χ4v) is 3.00. The van der Waals surface area contributed by atoms with Gasteiger partial charge >= 0.3 is 11.9 Å². The first-order valence-corrected chi connectivity index (χ1v) is 10.7. The summed E-state index contributed by atoms with van der Waals surface area (Å²) in [5.74, 6) is -5.06. The molecule has 1 amide bonds. The fraction of sp³-hybridized carbons (Fsp3) is 0.591. The number of hydrogen-bond acceptors (Lipinski definition) is 7. The average Bonchev–Trinajstić information content (AvgIpc) is 2.72. The number of ether oxygens (including phenoxy) is 1. The van der Waals surface area contributed by atoms with Gasteiger partial charge in [-0.1, -0.05) is 58.3 Å². The minimum atomic E-state index is -1.42. The van der Waals surface area contributed by atoms with Crippen LogP contribution in [0.25, 0.3) is 0 Å². The second kappa shape index (κ2) is 14.1. The van der Waals surface area contributed by atoms with Crippen LogP contribution in [-0.2, 0) is 14.3 Å². The third-order valence-corrected chi connectivity index (χ3v) is 4.83. The summed E-state index contributed by atoms with van der Waals surface area (Å²) in [6.07, 6.45) is 10.1. The largest absolute Gasteiger partial charge is 0.504 e. The number of rotatable bonds is 15. The monoisotopic (exact) mass is 439 g/mol. The van der Waals surface area contributed by atoms with Gasteiger partial charge in [0.15, 0.2) is 23.3 Å². The predicted molar refractivity (Wildman–Crippen MR) is 113 cm³/mol. The lowest BCUT2D eigenvalue weighted by Crippen LogP contribution is -2.44. The number of carboxylic acid groups (broad SMARTS) is 1. The van der Waals surface area contributed by atoms with Gasteiger partial charge in [-0.15, -0.1) is 0 Å². The summed E-state index contributed by atoms with van der Waals surface area (Å²) >= 11 is 0. The van der Waals surface area contributed by atoms with Gasteiger partial charge < -0.3 is 30.5 Å². The molecule has 0 saturated carbocycles. The van der Waals surface area contributed by atoms with Gasteiger partial charge in [-0.2, -0.15) is 0 Å². The number of carbonyl (C=O) groups excluding carboxylic acids is 2. The van der Waals surface area contributed by atoms with E-state index in [0.717, 1.165) is 31.4 Å². The SMILES string of the molecule is CCCCCCCCCCCC(=O)N[C@@H](COC(=O)c1cc(O)c(O)c(O)c1)C(=O)O. The zero-order valence-corrected chi connectivity index (χ0v) is 17.9. The van der Waals surface area contributed by atoms with E-state index in [-0.39, 0.29) is 12.0 Å². The molecule has 0 fully saturated rings. The van der Waals surface area contributed by atoms with Gasteiger partial charge in [-0.3, -0.25) is 4.79 Å². The molecule has 1 atom stereocenters. The molecule has 0 bridgehead atoms. The normalized spacial score (nSPS) is 11.6. The molecular weight excluding hydrogens is 406 g/mol. The van der Waals surface area contributed by atoms with E-state index >= 15 is 0 Å². The number of carboxylic acids is 1. The maximum Gasteiger partial charge on any atom is 0.338 e. The lowest BCUT2D eigenvalue weighted by molar-refractivity contribution is -0.143. The number of hydrogen-bond donors (Lipinski definition) is 5. The van der Waals surface area contributed by atoms with Crippen molar-refractivity contribution in [2.45, 2.75) is 77.2 Å². The molecule has 9 nitrogen and oxygen atoms in total. The Hall–Kier alpha value is -2.97. The summed E-state index contributed by atoms with van der Waals surface area (Å²) in [5, 5.41) is 39.7. The second-order valence-electron chi connectivity index (χ2n) is 7.50. The number of amides is 1. The Kier molecular flexibility index (Phi) is 11.9. The van der Waals surface area contributed by atoms with E-state index in [1.54, 1.807) is 0 Å². The molecule has 0 spiro atoms. The summed E-state index contributed by atoms with van der Waals surface area (Å²) in [6.45, 7) is 1.55. The first-order valence-electron chi connectivity index (χ1n) is 10.7. The van der Waals surface area contributed by atoms with Gasteiger partial charge in [-0.25, -0.2) is 9.59 Å². The molecule has 0 aliphatic heterocycles. The van der Waals surface area contributed by atoms with Crippen LogP contribution >= 0.6 is 0 Å². The van der Waals surface area contributed by atoms with Crippen molar-refractivity contribution in [3.8, 4) is 17.2 Å². The second-order valence-corrected chi connectivity index (χ2v) is 7.50. The molecule has 1 rings (SSSR count). The molecule has 0 heterocycles. The molecule has 0 radical (unpaired) electrons. The van der Waals surface area contributed by atoms with Crippen LogP contribution in [0.1, 0.15) is 81.5 Å². The molecule has 0 aromatic heterocycles. The van der Waals surface area contributed by atoms with Crippen LogP contribution in [0.5, 0.6) is 17.2 Å². The van der Waals surface area contributed by atoms with Crippen LogP contribution in [0, 0.1) is 0 Å². The fourth-order valence-electron chi connectivity index (χ4n) is 3.00. The Bertz CT molecular complexity index is 711. The van der Waals surface area contributed by atoms with E-state index in [9.17, 15) is 34.8 Å². The number of esters is 1. The molecule has 0 unspecified atom stereocenters. The van der Waals surface area contributed by atoms with Crippen LogP contribution in [0.2, 0.25) is 0 Å². The van der Waals surface area contributed by atoms with Crippen molar-refractivity contribution in [2.24, 2.45) is 0 Å². The van der Waals surface area contributed by atoms with E-state index in [4.69, 9.17) is 4.74 Å². The smallest absolute Gasteiger partial charge is 0.338 e. The Morgan fingerprint density at radius 2 is 1.42 bits per heavy atom. The minimum Gasteiger partial charge on any atom is -0.504 e. The zero-order chi connectivity index (χ0) is 23.2. The van der Waals surface area contributed by atoms with E-state index in [1.807, 2.05) is 0 Å². The molecule has 1 aromatic carbocycles. The van der Waals surface area contributed by atoms with Crippen molar-refractivity contribution in [1.82, 2.24) is 5.32 Å². The zero-order valence-electron chi connectivity index (χ0n) is 17.9. The van der Waals surface area contributed by atoms with E-state index in [0.29, 0.717) is 6.42 Å². The minimum absolute atomic E-state index is 0.188. The lowest BCUT2D eigenvalue weighted by Gasteiger charge is -2.15. The van der Waals surface area contributed by atoms with Crippen molar-refractivity contribution < 1.29 is 39.5 Å². The Labute approximate surface area is 182 Å². The van der Waals surface area contributed by atoms with Crippen molar-refractivity contribution in [2.75, 3.05) is 6.61 Å². The number of phenolic OH excluding ortho intramolecular Hbond substituents is 3. The van der Waals surface area contributed by atoms with Crippen molar-refractivity contribution in [1.29, 1.82) is 0 Å². The number of aromatic hydroxyl groups is 3. The molecule has 1 aromatic rings. The first-order chi connectivity index (χ1) is 14.8. The van der Waals surface area contributed by atoms with E-state index in [1.165, 1.54) is 32.1 Å². The number of phenols is 3. The molecule has 9 heteroatoms. The molecule has 5 N–H and O–H groups in total. The number of aliphatic carboxylic acids is 1. The third-order valence-electron chi connectivity index (χ3n) is 4.83. The highest BCUT2D eigenvalue weighted by Gasteiger charge is 2.23. The van der Waals surface area contributed by atoms with Crippen LogP contribution in [0.15, 0.2) is 12.1 Å². The summed E-state index contributed by atoms with van der Waals surface area (Å²) < 4.78 is 4.86. The van der Waals surface area contributed by atoms with Crippen molar-refractivity contribution in [3.05, 3.63) is 17.7 Å². The van der Waals surface area contributed by atoms with Crippen LogP contribution in [0.4, 0.5) is 0 Å². The van der Waals surface area contributed by atoms with Crippen LogP contribution < -0.4 is 5.32 Å². The molecular formula is C22H33NO8. The van der Waals surface area contributed by atoms with E-state index in [2.05, 4.69) is 12.2 Å². The molecule has 174 valence electrons. The van der Waals surface area contributed by atoms with Crippen molar-refractivity contribution in [3.63, 3.8) is 0 Å². The molecule has 31 heavy (non-hydrogen) atoms. The van der Waals surface area contributed by atoms with Gasteiger partial charge in [0.25, 0.3) is 0 Å². The number of benzene rings is 1. The molecule has 0 aliphatic carbocycles. The van der Waals surface area contributed by atoms with Gasteiger partial charge in [-0.05, 0) is 18.6 Å². The van der Waals surface area contributed by atoms with Gasteiger partial charge in [0.05, 0.1) is 5.56 Å². The quantitative estimate of drug-likeness (QED) is 0.158. The van der Waals surface area contributed by atoms with Gasteiger partial charge in [0.2, 0.25) is 5.91 Å². The van der Waals surface area contributed by atoms with Gasteiger partial charge in [0.1, 0.15) is 6.61 Å². The van der Waals surface area contributed by atoms with Gasteiger partial charge in [0, 0.05) is 6.42 Å². The highest BCUT2D eigenvalue weighted by atomic mass is 16.5. The maximum absolute atomic E-state index is 12.0. The van der Waals surface area contributed by atoms with Crippen LogP contribution in [-0.4, -0.2) is 50.9 Å². The first kappa shape index (κ1) is 26.1. The Balaban J connectivity index is 2.35. The number of unbranched alkanes of at least 4 members (excludes halogenated alkanes) is 8. The standard InChI is InChI=1S/C22H33NO8/c1-2-3-4-5-6-7-8-9-10-11-19(26)23-16(21(28)29)14-31-22(30)15-12-17(24)20(27)18(25)13-15/h12-13,16,24-25,27H,2-11,14H2,1H3,(H,23,26)(H,28,29)/t16-/m0/s1. The number of carbonyl (C=O) groups is 3. The topological polar surface area (TPSA) is 153 Å². The molecule has 0 aliphatic rings. The summed E-state index contributed by atoms with van der Waals surface area (Å²) in [5.41, 5.74) is -0.280. The summed E-state index contributed by atoms with van der Waals surface area (Å²) in [7, 11) is 0. The Morgan fingerprint density at radius 3 is 1.94 bits per heavy atom. The number of nitrogens with one attached hydrogen (secondary N) is 1. The molecule has 0 saturated heterocycles.